The highest BCUT2D eigenvalue weighted by molar-refractivity contribution is 7.11. The highest BCUT2D eigenvalue weighted by atomic mass is 32.1. The van der Waals surface area contributed by atoms with Gasteiger partial charge in [-0.05, 0) is 53.9 Å². The maximum absolute atomic E-state index is 12.6. The van der Waals surface area contributed by atoms with Gasteiger partial charge in [-0.1, -0.05) is 23.5 Å². The van der Waals surface area contributed by atoms with Crippen molar-refractivity contribution < 1.29 is 9.15 Å². The lowest BCUT2D eigenvalue weighted by Crippen LogP contribution is -2.11. The van der Waals surface area contributed by atoms with Crippen molar-refractivity contribution >= 4 is 28.0 Å². The predicted octanol–water partition coefficient (Wildman–Crippen LogP) is 5.65. The molecule has 28 heavy (non-hydrogen) atoms. The van der Waals surface area contributed by atoms with Gasteiger partial charge < -0.3 is 9.15 Å². The van der Waals surface area contributed by atoms with Crippen LogP contribution in [0.2, 0.25) is 0 Å². The van der Waals surface area contributed by atoms with E-state index in [9.17, 15) is 9.70 Å². The van der Waals surface area contributed by atoms with Crippen LogP contribution in [0.25, 0.3) is 11.0 Å². The molecule has 0 radical (unpaired) electrons. The molecular weight excluding hydrogens is 376 g/mol. The van der Waals surface area contributed by atoms with E-state index in [0.29, 0.717) is 34.2 Å². The van der Waals surface area contributed by atoms with E-state index in [1.807, 2.05) is 31.4 Å². The van der Waals surface area contributed by atoms with Crippen LogP contribution in [0, 0.1) is 18.8 Å². The largest absolute Gasteiger partial charge is 0.430 e. The second-order valence-electron chi connectivity index (χ2n) is 6.44. The summed E-state index contributed by atoms with van der Waals surface area (Å²) in [4.78, 5) is 27.5. The number of fused-ring (bicyclic) bond motifs is 1. The van der Waals surface area contributed by atoms with E-state index < -0.39 is 5.63 Å². The quantitative estimate of drug-likeness (QED) is 0.324. The number of benzene rings is 2. The molecule has 0 saturated heterocycles. The first-order valence-electron chi connectivity index (χ1n) is 8.61. The smallest absolute Gasteiger partial charge is 0.340 e. The molecule has 140 valence electrons. The standard InChI is InChI=1S/C21H16N2O4S/c1-12-8-16-13(2)17(10-14-4-3-5-15(9-14)23-25)20(24)26-19(16)11-18(12)27-21-22-6-7-28-21/h3-9,11H,10H2,1-2H3. The molecule has 4 rings (SSSR count). The minimum Gasteiger partial charge on any atom is -0.430 e. The molecule has 0 saturated carbocycles. The van der Waals surface area contributed by atoms with Crippen molar-refractivity contribution in [2.45, 2.75) is 20.3 Å². The first-order chi connectivity index (χ1) is 13.5. The average molecular weight is 392 g/mol. The molecule has 7 heteroatoms. The van der Waals surface area contributed by atoms with E-state index in [1.54, 1.807) is 30.5 Å². The minimum absolute atomic E-state index is 0.333. The summed E-state index contributed by atoms with van der Waals surface area (Å²) in [6.45, 7) is 3.84. The third-order valence-corrected chi connectivity index (χ3v) is 5.23. The Kier molecular flexibility index (Phi) is 4.75. The van der Waals surface area contributed by atoms with Crippen LogP contribution in [-0.4, -0.2) is 4.98 Å². The van der Waals surface area contributed by atoms with Gasteiger partial charge in [0.2, 0.25) is 0 Å². The van der Waals surface area contributed by atoms with E-state index in [2.05, 4.69) is 10.2 Å². The number of nitrogens with zero attached hydrogens (tertiary/aromatic N) is 2. The summed E-state index contributed by atoms with van der Waals surface area (Å²) in [6.07, 6.45) is 2.03. The Balaban J connectivity index is 1.77. The molecule has 0 aliphatic carbocycles. The molecule has 0 N–H and O–H groups in total. The molecule has 0 bridgehead atoms. The molecule has 0 aliphatic heterocycles. The fraction of sp³-hybridized carbons (Fsp3) is 0.143. The second kappa shape index (κ2) is 7.36. The Morgan fingerprint density at radius 2 is 2.07 bits per heavy atom. The van der Waals surface area contributed by atoms with E-state index >= 15 is 0 Å². The van der Waals surface area contributed by atoms with Crippen molar-refractivity contribution in [2.75, 3.05) is 0 Å². The van der Waals surface area contributed by atoms with Crippen LogP contribution >= 0.6 is 11.3 Å². The molecular formula is C21H16N2O4S. The van der Waals surface area contributed by atoms with Crippen LogP contribution in [0.4, 0.5) is 5.69 Å². The van der Waals surface area contributed by atoms with E-state index in [-0.39, 0.29) is 0 Å². The normalized spacial score (nSPS) is 10.9. The van der Waals surface area contributed by atoms with E-state index in [1.165, 1.54) is 11.3 Å². The van der Waals surface area contributed by atoms with Crippen molar-refractivity contribution in [3.63, 3.8) is 0 Å². The van der Waals surface area contributed by atoms with Crippen LogP contribution in [0.3, 0.4) is 0 Å². The van der Waals surface area contributed by atoms with Gasteiger partial charge in [0.05, 0.1) is 0 Å². The third-order valence-electron chi connectivity index (χ3n) is 4.59. The van der Waals surface area contributed by atoms with E-state index in [0.717, 1.165) is 22.1 Å². The lowest BCUT2D eigenvalue weighted by atomic mass is 9.98. The van der Waals surface area contributed by atoms with Crippen molar-refractivity contribution in [3.8, 4) is 10.9 Å². The zero-order valence-electron chi connectivity index (χ0n) is 15.3. The predicted molar refractivity (Wildman–Crippen MR) is 109 cm³/mol. The van der Waals surface area contributed by atoms with Crippen LogP contribution in [0.1, 0.15) is 22.3 Å². The Labute approximate surface area is 164 Å². The highest BCUT2D eigenvalue weighted by Gasteiger charge is 2.15. The summed E-state index contributed by atoms with van der Waals surface area (Å²) >= 11 is 1.39. The Hall–Kier alpha value is -3.32. The number of aromatic nitrogens is 1. The molecule has 0 aliphatic rings. The average Bonchev–Trinajstić information content (AvgIpc) is 3.20. The number of nitroso groups, excluding NO2 is 1. The Morgan fingerprint density at radius 1 is 1.21 bits per heavy atom. The van der Waals surface area contributed by atoms with Gasteiger partial charge in [0.1, 0.15) is 17.0 Å². The van der Waals surface area contributed by atoms with Crippen molar-refractivity contribution in [1.29, 1.82) is 0 Å². The Morgan fingerprint density at radius 3 is 2.82 bits per heavy atom. The van der Waals surface area contributed by atoms with Crippen LogP contribution in [-0.2, 0) is 6.42 Å². The maximum atomic E-state index is 12.6. The summed E-state index contributed by atoms with van der Waals surface area (Å²) in [5.74, 6) is 0.600. The number of hydrogen-bond donors (Lipinski definition) is 0. The van der Waals surface area contributed by atoms with Gasteiger partial charge in [0.25, 0.3) is 5.19 Å². The van der Waals surface area contributed by atoms with Gasteiger partial charge in [0.15, 0.2) is 0 Å². The molecule has 0 spiro atoms. The van der Waals surface area contributed by atoms with Crippen LogP contribution in [0.5, 0.6) is 10.9 Å². The zero-order valence-corrected chi connectivity index (χ0v) is 16.1. The molecule has 0 atom stereocenters. The highest BCUT2D eigenvalue weighted by Crippen LogP contribution is 2.32. The lowest BCUT2D eigenvalue weighted by molar-refractivity contribution is 0.473. The van der Waals surface area contributed by atoms with Gasteiger partial charge in [-0.25, -0.2) is 9.78 Å². The number of thiazole rings is 1. The molecule has 6 nitrogen and oxygen atoms in total. The first kappa shape index (κ1) is 18.1. The molecule has 2 aromatic heterocycles. The van der Waals surface area contributed by atoms with Gasteiger partial charge in [0, 0.05) is 35.0 Å². The summed E-state index contributed by atoms with van der Waals surface area (Å²) < 4.78 is 11.4. The number of hydrogen-bond acceptors (Lipinski definition) is 7. The van der Waals surface area contributed by atoms with Gasteiger partial charge in [-0.3, -0.25) is 0 Å². The minimum atomic E-state index is -0.404. The summed E-state index contributed by atoms with van der Waals surface area (Å²) in [5, 5.41) is 6.16. The van der Waals surface area contributed by atoms with Crippen LogP contribution in [0.15, 0.2) is 62.4 Å². The fourth-order valence-corrected chi connectivity index (χ4v) is 3.62. The van der Waals surface area contributed by atoms with Gasteiger partial charge in [-0.2, -0.15) is 0 Å². The fourth-order valence-electron chi connectivity index (χ4n) is 3.12. The Bertz CT molecular complexity index is 1230. The molecule has 0 fully saturated rings. The third kappa shape index (κ3) is 3.44. The maximum Gasteiger partial charge on any atom is 0.340 e. The summed E-state index contributed by atoms with van der Waals surface area (Å²) in [6, 6.07) is 10.6. The second-order valence-corrected chi connectivity index (χ2v) is 7.30. The molecule has 0 unspecified atom stereocenters. The van der Waals surface area contributed by atoms with Crippen molar-refractivity contribution in [1.82, 2.24) is 4.98 Å². The molecule has 2 heterocycles. The van der Waals surface area contributed by atoms with Gasteiger partial charge >= 0.3 is 5.63 Å². The van der Waals surface area contributed by atoms with E-state index in [4.69, 9.17) is 9.15 Å². The number of aryl methyl sites for hydroxylation is 2. The summed E-state index contributed by atoms with van der Waals surface area (Å²) in [7, 11) is 0. The summed E-state index contributed by atoms with van der Waals surface area (Å²) in [5.41, 5.74) is 3.54. The first-order valence-corrected chi connectivity index (χ1v) is 9.49. The lowest BCUT2D eigenvalue weighted by Gasteiger charge is -2.11. The van der Waals surface area contributed by atoms with Crippen LogP contribution < -0.4 is 10.4 Å². The monoisotopic (exact) mass is 392 g/mol. The number of ether oxygens (including phenoxy) is 1. The SMILES string of the molecule is Cc1cc2c(C)c(Cc3cccc(N=O)c3)c(=O)oc2cc1Oc1nccs1. The van der Waals surface area contributed by atoms with Crippen molar-refractivity contribution in [2.24, 2.45) is 5.18 Å². The van der Waals surface area contributed by atoms with Crippen molar-refractivity contribution in [3.05, 3.63) is 85.6 Å². The molecule has 4 aromatic rings. The topological polar surface area (TPSA) is 81.8 Å². The van der Waals surface area contributed by atoms with Gasteiger partial charge in [-0.15, -0.1) is 4.91 Å². The molecule has 0 amide bonds. The molecule has 2 aromatic carbocycles. The number of rotatable bonds is 5. The zero-order chi connectivity index (χ0) is 19.7.